The van der Waals surface area contributed by atoms with E-state index in [1.165, 1.54) is 38.5 Å². The highest BCUT2D eigenvalue weighted by Gasteiger charge is 2.15. The number of carbonyl (C=O) groups is 1. The highest BCUT2D eigenvalue weighted by Crippen LogP contribution is 2.22. The zero-order chi connectivity index (χ0) is 13.8. The third-order valence-corrected chi connectivity index (χ3v) is 4.12. The van der Waals surface area contributed by atoms with Crippen LogP contribution in [0.2, 0.25) is 0 Å². The first-order valence-electron chi connectivity index (χ1n) is 8.19. The fourth-order valence-corrected chi connectivity index (χ4v) is 2.61. The van der Waals surface area contributed by atoms with Crippen molar-refractivity contribution in [3.63, 3.8) is 0 Å². The lowest BCUT2D eigenvalue weighted by Gasteiger charge is -2.17. The molecule has 1 nitrogen and oxygen atoms in total. The number of hydrogen-bond acceptors (Lipinski definition) is 1. The lowest BCUT2D eigenvalue weighted by Crippen LogP contribution is -2.12. The minimum Gasteiger partial charge on any atom is -0.300 e. The first-order chi connectivity index (χ1) is 8.67. The average molecular weight is 254 g/mol. The summed E-state index contributed by atoms with van der Waals surface area (Å²) in [6.45, 7) is 8.91. The zero-order valence-corrected chi connectivity index (χ0v) is 13.1. The van der Waals surface area contributed by atoms with Crippen LogP contribution in [0.1, 0.15) is 91.9 Å². The Kier molecular flexibility index (Phi) is 11.5. The van der Waals surface area contributed by atoms with Crippen LogP contribution in [0, 0.1) is 11.8 Å². The Labute approximate surface area is 115 Å². The number of ketones is 1. The number of unbranched alkanes of at least 4 members (excludes halogenated alkanes) is 2. The van der Waals surface area contributed by atoms with Gasteiger partial charge in [-0.25, -0.2) is 0 Å². The lowest BCUT2D eigenvalue weighted by molar-refractivity contribution is -0.121. The van der Waals surface area contributed by atoms with Crippen LogP contribution in [0.15, 0.2) is 0 Å². The summed E-state index contributed by atoms with van der Waals surface area (Å²) in [4.78, 5) is 12.1. The summed E-state index contributed by atoms with van der Waals surface area (Å²) in [6, 6.07) is 0. The van der Waals surface area contributed by atoms with Crippen molar-refractivity contribution < 1.29 is 4.79 Å². The minimum atomic E-state index is 0.515. The normalized spacial score (nSPS) is 14.4. The van der Waals surface area contributed by atoms with Gasteiger partial charge in [-0.3, -0.25) is 4.79 Å². The van der Waals surface area contributed by atoms with Gasteiger partial charge in [-0.2, -0.15) is 0 Å². The highest BCUT2D eigenvalue weighted by atomic mass is 16.1. The molecule has 0 aliphatic heterocycles. The molecule has 0 spiro atoms. The molecule has 2 unspecified atom stereocenters. The summed E-state index contributed by atoms with van der Waals surface area (Å²) >= 11 is 0. The Morgan fingerprint density at radius 1 is 0.778 bits per heavy atom. The van der Waals surface area contributed by atoms with Gasteiger partial charge in [0.2, 0.25) is 0 Å². The highest BCUT2D eigenvalue weighted by molar-refractivity contribution is 5.78. The molecule has 0 aromatic carbocycles. The van der Waals surface area contributed by atoms with E-state index in [4.69, 9.17) is 0 Å². The van der Waals surface area contributed by atoms with Gasteiger partial charge in [0, 0.05) is 12.8 Å². The fourth-order valence-electron chi connectivity index (χ4n) is 2.61. The zero-order valence-electron chi connectivity index (χ0n) is 13.1. The number of rotatable bonds is 12. The van der Waals surface area contributed by atoms with Crippen molar-refractivity contribution in [1.82, 2.24) is 0 Å². The van der Waals surface area contributed by atoms with E-state index >= 15 is 0 Å². The molecule has 0 aliphatic carbocycles. The molecule has 0 aromatic heterocycles. The van der Waals surface area contributed by atoms with Crippen LogP contribution in [0.4, 0.5) is 0 Å². The van der Waals surface area contributed by atoms with Crippen LogP contribution < -0.4 is 0 Å². The van der Waals surface area contributed by atoms with Crippen LogP contribution >= 0.6 is 0 Å². The Bertz CT molecular complexity index is 178. The first kappa shape index (κ1) is 17.7. The van der Waals surface area contributed by atoms with E-state index < -0.39 is 0 Å². The Morgan fingerprint density at radius 3 is 1.44 bits per heavy atom. The lowest BCUT2D eigenvalue weighted by atomic mass is 9.88. The molecule has 0 amide bonds. The standard InChI is InChI=1S/C17H34O/c1-5-9-11-15(7-3)13-17(18)14-16(8-4)12-10-6-2/h15-16H,5-14H2,1-4H3. The van der Waals surface area contributed by atoms with Crippen LogP contribution in [-0.2, 0) is 4.79 Å². The van der Waals surface area contributed by atoms with Gasteiger partial charge in [-0.05, 0) is 11.8 Å². The molecule has 0 radical (unpaired) electrons. The summed E-state index contributed by atoms with van der Waals surface area (Å²) in [5.74, 6) is 1.79. The maximum Gasteiger partial charge on any atom is 0.133 e. The van der Waals surface area contributed by atoms with Gasteiger partial charge in [-0.15, -0.1) is 0 Å². The van der Waals surface area contributed by atoms with E-state index in [9.17, 15) is 4.79 Å². The number of Topliss-reactive ketones (excluding diaryl/α,β-unsaturated/α-hetero) is 1. The topological polar surface area (TPSA) is 17.1 Å². The largest absolute Gasteiger partial charge is 0.300 e. The van der Waals surface area contributed by atoms with Crippen molar-refractivity contribution in [2.75, 3.05) is 0 Å². The molecule has 0 aromatic rings. The molecule has 0 aliphatic rings. The van der Waals surface area contributed by atoms with E-state index in [2.05, 4.69) is 27.7 Å². The molecular formula is C17H34O. The summed E-state index contributed by atoms with van der Waals surface area (Å²) < 4.78 is 0. The summed E-state index contributed by atoms with van der Waals surface area (Å²) in [7, 11) is 0. The van der Waals surface area contributed by atoms with Gasteiger partial charge in [0.15, 0.2) is 0 Å². The predicted molar refractivity (Wildman–Crippen MR) is 80.9 cm³/mol. The van der Waals surface area contributed by atoms with E-state index in [0.717, 1.165) is 25.7 Å². The van der Waals surface area contributed by atoms with Crippen molar-refractivity contribution in [2.24, 2.45) is 11.8 Å². The van der Waals surface area contributed by atoms with Crippen LogP contribution in [0.5, 0.6) is 0 Å². The third-order valence-electron chi connectivity index (χ3n) is 4.12. The smallest absolute Gasteiger partial charge is 0.133 e. The van der Waals surface area contributed by atoms with Crippen molar-refractivity contribution in [1.29, 1.82) is 0 Å². The molecule has 1 heteroatoms. The van der Waals surface area contributed by atoms with Crippen LogP contribution in [0.25, 0.3) is 0 Å². The third kappa shape index (κ3) is 8.72. The molecule has 18 heavy (non-hydrogen) atoms. The minimum absolute atomic E-state index is 0.515. The molecule has 0 bridgehead atoms. The number of carbonyl (C=O) groups excluding carboxylic acids is 1. The maximum absolute atomic E-state index is 12.1. The Hall–Kier alpha value is -0.330. The van der Waals surface area contributed by atoms with Crippen molar-refractivity contribution in [3.8, 4) is 0 Å². The Morgan fingerprint density at radius 2 is 1.17 bits per heavy atom. The molecule has 2 atom stereocenters. The van der Waals surface area contributed by atoms with Crippen molar-refractivity contribution in [3.05, 3.63) is 0 Å². The molecule has 0 N–H and O–H groups in total. The number of hydrogen-bond donors (Lipinski definition) is 0. The summed E-state index contributed by atoms with van der Waals surface area (Å²) in [6.07, 6.45) is 11.5. The average Bonchev–Trinajstić information content (AvgIpc) is 2.39. The fraction of sp³-hybridized carbons (Fsp3) is 0.941. The monoisotopic (exact) mass is 254 g/mol. The molecular weight excluding hydrogens is 220 g/mol. The van der Waals surface area contributed by atoms with E-state index in [-0.39, 0.29) is 0 Å². The maximum atomic E-state index is 12.1. The van der Waals surface area contributed by atoms with E-state index in [0.29, 0.717) is 17.6 Å². The quantitative estimate of drug-likeness (QED) is 0.432. The second kappa shape index (κ2) is 11.7. The van der Waals surface area contributed by atoms with Gasteiger partial charge in [0.1, 0.15) is 5.78 Å². The van der Waals surface area contributed by atoms with E-state index in [1.807, 2.05) is 0 Å². The molecule has 0 heterocycles. The molecule has 0 saturated heterocycles. The second-order valence-electron chi connectivity index (χ2n) is 5.78. The second-order valence-corrected chi connectivity index (χ2v) is 5.78. The van der Waals surface area contributed by atoms with Crippen molar-refractivity contribution in [2.45, 2.75) is 91.9 Å². The Balaban J connectivity index is 3.96. The van der Waals surface area contributed by atoms with Gasteiger partial charge in [0.25, 0.3) is 0 Å². The van der Waals surface area contributed by atoms with Gasteiger partial charge in [-0.1, -0.05) is 79.1 Å². The van der Waals surface area contributed by atoms with Gasteiger partial charge < -0.3 is 0 Å². The molecule has 108 valence electrons. The molecule has 0 fully saturated rings. The predicted octanol–water partition coefficient (Wildman–Crippen LogP) is 5.77. The molecule has 0 saturated carbocycles. The van der Waals surface area contributed by atoms with E-state index in [1.54, 1.807) is 0 Å². The summed E-state index contributed by atoms with van der Waals surface area (Å²) in [5, 5.41) is 0. The SMILES string of the molecule is CCCCC(CC)CC(=O)CC(CC)CCCC. The van der Waals surface area contributed by atoms with Crippen LogP contribution in [-0.4, -0.2) is 5.78 Å². The first-order valence-corrected chi connectivity index (χ1v) is 8.19. The molecule has 0 rings (SSSR count). The van der Waals surface area contributed by atoms with Gasteiger partial charge >= 0.3 is 0 Å². The summed E-state index contributed by atoms with van der Waals surface area (Å²) in [5.41, 5.74) is 0. The van der Waals surface area contributed by atoms with Crippen molar-refractivity contribution >= 4 is 5.78 Å². The van der Waals surface area contributed by atoms with Crippen LogP contribution in [0.3, 0.4) is 0 Å². The van der Waals surface area contributed by atoms with Gasteiger partial charge in [0.05, 0.1) is 0 Å².